The normalized spacial score (nSPS) is 19.7. The molecule has 6 nitrogen and oxygen atoms in total. The third-order valence-corrected chi connectivity index (χ3v) is 7.13. The quantitative estimate of drug-likeness (QED) is 0.476. The van der Waals surface area contributed by atoms with E-state index in [1.807, 2.05) is 41.2 Å². The van der Waals surface area contributed by atoms with Crippen molar-refractivity contribution in [2.24, 2.45) is 0 Å². The molecule has 8 heteroatoms. The summed E-state index contributed by atoms with van der Waals surface area (Å²) in [5.74, 6) is 0.248. The van der Waals surface area contributed by atoms with Crippen LogP contribution in [0.25, 0.3) is 0 Å². The second-order valence-corrected chi connectivity index (χ2v) is 9.78. The van der Waals surface area contributed by atoms with Gasteiger partial charge in [0.2, 0.25) is 5.91 Å². The maximum absolute atomic E-state index is 12.4. The highest BCUT2D eigenvalue weighted by molar-refractivity contribution is 7.80. The number of carbonyl (C=O) groups is 2. The molecular formula is C21H32N4O2S2. The summed E-state index contributed by atoms with van der Waals surface area (Å²) in [5.41, 5.74) is -0.530. The topological polar surface area (TPSA) is 55.9 Å². The van der Waals surface area contributed by atoms with Gasteiger partial charge in [0, 0.05) is 37.6 Å². The van der Waals surface area contributed by atoms with Gasteiger partial charge in [-0.1, -0.05) is 18.9 Å². The Kier molecular flexibility index (Phi) is 7.65. The Morgan fingerprint density at radius 3 is 2.41 bits per heavy atom. The molecule has 0 aromatic carbocycles. The first-order valence-electron chi connectivity index (χ1n) is 10.5. The zero-order chi connectivity index (χ0) is 20.9. The number of rotatable bonds is 9. The van der Waals surface area contributed by atoms with Crippen LogP contribution >= 0.6 is 23.6 Å². The molecule has 2 aliphatic rings. The van der Waals surface area contributed by atoms with Crippen molar-refractivity contribution in [2.75, 3.05) is 39.3 Å². The van der Waals surface area contributed by atoms with E-state index in [1.54, 1.807) is 11.3 Å². The molecule has 0 radical (unpaired) electrons. The molecular weight excluding hydrogens is 404 g/mol. The highest BCUT2D eigenvalue weighted by atomic mass is 32.1. The van der Waals surface area contributed by atoms with Crippen LogP contribution in [0.3, 0.4) is 0 Å². The Morgan fingerprint density at radius 2 is 1.83 bits per heavy atom. The molecule has 0 atom stereocenters. The molecule has 2 fully saturated rings. The standard InChI is InChI=1S/C21H32N4O2S2/c1-21(2)19(27)22-20(28)25(21)10-6-4-3-5-9-23-11-13-24(14-12-23)18(26)16-17-8-7-15-29-17/h7-8,15H,3-6,9-14,16H2,1-2H3,(H,22,27,28). The second-order valence-electron chi connectivity index (χ2n) is 8.36. The zero-order valence-electron chi connectivity index (χ0n) is 17.5. The Bertz CT molecular complexity index is 712. The van der Waals surface area contributed by atoms with Crippen LogP contribution in [0.4, 0.5) is 0 Å². The molecule has 0 bridgehead atoms. The van der Waals surface area contributed by atoms with Crippen molar-refractivity contribution >= 4 is 40.5 Å². The maximum Gasteiger partial charge on any atom is 0.251 e. The van der Waals surface area contributed by atoms with Gasteiger partial charge in [-0.25, -0.2) is 0 Å². The predicted octanol–water partition coefficient (Wildman–Crippen LogP) is 2.49. The van der Waals surface area contributed by atoms with Crippen molar-refractivity contribution in [1.29, 1.82) is 0 Å². The SMILES string of the molecule is CC1(C)C(=O)NC(=S)N1CCCCCCN1CCN(C(=O)Cc2cccs2)CC1. The summed E-state index contributed by atoms with van der Waals surface area (Å²) in [4.78, 5) is 31.9. The fraction of sp³-hybridized carbons (Fsp3) is 0.667. The Morgan fingerprint density at radius 1 is 1.14 bits per heavy atom. The van der Waals surface area contributed by atoms with Crippen LogP contribution < -0.4 is 5.32 Å². The van der Waals surface area contributed by atoms with Crippen LogP contribution in [0.5, 0.6) is 0 Å². The molecule has 2 aliphatic heterocycles. The summed E-state index contributed by atoms with van der Waals surface area (Å²) >= 11 is 6.93. The summed E-state index contributed by atoms with van der Waals surface area (Å²) in [5, 5.41) is 5.35. The summed E-state index contributed by atoms with van der Waals surface area (Å²) < 4.78 is 0. The van der Waals surface area contributed by atoms with Crippen molar-refractivity contribution in [3.63, 3.8) is 0 Å². The summed E-state index contributed by atoms with van der Waals surface area (Å²) in [6.45, 7) is 9.40. The number of hydrogen-bond donors (Lipinski definition) is 1. The minimum absolute atomic E-state index is 0.00416. The van der Waals surface area contributed by atoms with E-state index in [0.717, 1.165) is 57.0 Å². The van der Waals surface area contributed by atoms with Crippen LogP contribution in [0.15, 0.2) is 17.5 Å². The van der Waals surface area contributed by atoms with Crippen molar-refractivity contribution < 1.29 is 9.59 Å². The second kappa shape index (κ2) is 10.00. The molecule has 3 heterocycles. The highest BCUT2D eigenvalue weighted by Gasteiger charge is 2.42. The van der Waals surface area contributed by atoms with Crippen LogP contribution in [-0.4, -0.2) is 76.4 Å². The minimum Gasteiger partial charge on any atom is -0.340 e. The monoisotopic (exact) mass is 436 g/mol. The number of nitrogens with one attached hydrogen (secondary N) is 1. The smallest absolute Gasteiger partial charge is 0.251 e. The van der Waals surface area contributed by atoms with Gasteiger partial charge in [-0.05, 0) is 56.9 Å². The van der Waals surface area contributed by atoms with Gasteiger partial charge in [0.05, 0.1) is 6.42 Å². The maximum atomic E-state index is 12.4. The first-order chi connectivity index (χ1) is 13.9. The Balaban J connectivity index is 1.25. The van der Waals surface area contributed by atoms with Crippen molar-refractivity contribution in [1.82, 2.24) is 20.0 Å². The van der Waals surface area contributed by atoms with E-state index in [-0.39, 0.29) is 11.8 Å². The van der Waals surface area contributed by atoms with E-state index in [2.05, 4.69) is 10.2 Å². The van der Waals surface area contributed by atoms with Crippen LogP contribution in [0, 0.1) is 0 Å². The summed E-state index contributed by atoms with van der Waals surface area (Å²) in [6, 6.07) is 4.04. The number of unbranched alkanes of at least 4 members (excludes halogenated alkanes) is 3. The molecule has 3 rings (SSSR count). The lowest BCUT2D eigenvalue weighted by atomic mass is 10.0. The predicted molar refractivity (Wildman–Crippen MR) is 121 cm³/mol. The lowest BCUT2D eigenvalue weighted by molar-refractivity contribution is -0.132. The fourth-order valence-corrected chi connectivity index (χ4v) is 5.04. The number of nitrogens with zero attached hydrogens (tertiary/aromatic N) is 3. The van der Waals surface area contributed by atoms with E-state index in [4.69, 9.17) is 12.2 Å². The van der Waals surface area contributed by atoms with Gasteiger partial charge in [0.1, 0.15) is 5.54 Å². The largest absolute Gasteiger partial charge is 0.340 e. The molecule has 29 heavy (non-hydrogen) atoms. The first kappa shape index (κ1) is 22.2. The molecule has 1 aromatic heterocycles. The van der Waals surface area contributed by atoms with Crippen LogP contribution in [-0.2, 0) is 16.0 Å². The number of amides is 2. The third-order valence-electron chi connectivity index (χ3n) is 5.93. The van der Waals surface area contributed by atoms with Gasteiger partial charge in [0.15, 0.2) is 5.11 Å². The van der Waals surface area contributed by atoms with Gasteiger partial charge < -0.3 is 15.1 Å². The number of thiophene rings is 1. The Hall–Kier alpha value is -1.51. The molecule has 1 N–H and O–H groups in total. The van der Waals surface area contributed by atoms with E-state index in [0.29, 0.717) is 11.5 Å². The molecule has 0 unspecified atom stereocenters. The fourth-order valence-electron chi connectivity index (χ4n) is 3.93. The molecule has 0 spiro atoms. The van der Waals surface area contributed by atoms with E-state index in [1.165, 1.54) is 12.8 Å². The highest BCUT2D eigenvalue weighted by Crippen LogP contribution is 2.22. The van der Waals surface area contributed by atoms with Gasteiger partial charge in [0.25, 0.3) is 5.91 Å². The first-order valence-corrected chi connectivity index (χ1v) is 11.8. The van der Waals surface area contributed by atoms with Crippen molar-refractivity contribution in [3.05, 3.63) is 22.4 Å². The molecule has 1 aromatic rings. The number of hydrogen-bond acceptors (Lipinski definition) is 5. The van der Waals surface area contributed by atoms with Crippen molar-refractivity contribution in [3.8, 4) is 0 Å². The Labute approximate surface area is 183 Å². The van der Waals surface area contributed by atoms with E-state index < -0.39 is 5.54 Å². The average Bonchev–Trinajstić information content (AvgIpc) is 3.26. The minimum atomic E-state index is -0.530. The van der Waals surface area contributed by atoms with Gasteiger partial charge in [-0.15, -0.1) is 11.3 Å². The van der Waals surface area contributed by atoms with Gasteiger partial charge in [-0.3, -0.25) is 14.5 Å². The molecule has 160 valence electrons. The average molecular weight is 437 g/mol. The summed E-state index contributed by atoms with van der Waals surface area (Å²) in [7, 11) is 0. The number of carbonyl (C=O) groups excluding carboxylic acids is 2. The molecule has 0 saturated carbocycles. The summed E-state index contributed by atoms with van der Waals surface area (Å²) in [6.07, 6.45) is 5.08. The van der Waals surface area contributed by atoms with E-state index in [9.17, 15) is 9.59 Å². The van der Waals surface area contributed by atoms with Crippen LogP contribution in [0.1, 0.15) is 44.4 Å². The van der Waals surface area contributed by atoms with Gasteiger partial charge >= 0.3 is 0 Å². The van der Waals surface area contributed by atoms with Crippen LogP contribution in [0.2, 0.25) is 0 Å². The number of thiocarbonyl (C=S) groups is 1. The van der Waals surface area contributed by atoms with Crippen molar-refractivity contribution in [2.45, 2.75) is 51.5 Å². The van der Waals surface area contributed by atoms with E-state index >= 15 is 0 Å². The lowest BCUT2D eigenvalue weighted by Gasteiger charge is -2.34. The third kappa shape index (κ3) is 5.77. The molecule has 2 saturated heterocycles. The number of piperazine rings is 1. The van der Waals surface area contributed by atoms with Gasteiger partial charge in [-0.2, -0.15) is 0 Å². The lowest BCUT2D eigenvalue weighted by Crippen LogP contribution is -2.49. The zero-order valence-corrected chi connectivity index (χ0v) is 19.1. The molecule has 2 amide bonds. The molecule has 0 aliphatic carbocycles.